The van der Waals surface area contributed by atoms with Gasteiger partial charge in [0.05, 0.1) is 0 Å². The van der Waals surface area contributed by atoms with Gasteiger partial charge in [0.15, 0.2) is 5.67 Å². The van der Waals surface area contributed by atoms with Crippen LogP contribution in [0.3, 0.4) is 0 Å². The fraction of sp³-hybridized carbons (Fsp3) is 0.333. The van der Waals surface area contributed by atoms with E-state index in [0.717, 1.165) is 0 Å². The lowest BCUT2D eigenvalue weighted by Gasteiger charge is -2.33. The largest absolute Gasteiger partial charge is 0.324 e. The van der Waals surface area contributed by atoms with Gasteiger partial charge in [-0.1, -0.05) is 74.5 Å². The van der Waals surface area contributed by atoms with Gasteiger partial charge < -0.3 is 5.73 Å². The Balaban J connectivity index is 2.49. The zero-order chi connectivity index (χ0) is 14.6. The Morgan fingerprint density at radius 1 is 0.900 bits per heavy atom. The normalized spacial score (nSPS) is 13.4. The van der Waals surface area contributed by atoms with Crippen LogP contribution in [0.2, 0.25) is 0 Å². The zero-order valence-corrected chi connectivity index (χ0v) is 12.1. The van der Waals surface area contributed by atoms with Crippen molar-refractivity contribution in [3.05, 3.63) is 71.8 Å². The molecule has 0 amide bonds. The number of halogens is 1. The SMILES string of the molecule is CC(C)C[C@H](N)C(F)(c1ccccc1)c1ccccc1. The van der Waals surface area contributed by atoms with E-state index in [4.69, 9.17) is 5.73 Å². The van der Waals surface area contributed by atoms with E-state index in [1.807, 2.05) is 60.7 Å². The standard InChI is InChI=1S/C18H22FN/c1-14(2)13-17(20)18(19,15-9-5-3-6-10-15)16-11-7-4-8-12-16/h3-12,14,17H,13,20H2,1-2H3/t17-/m0/s1. The van der Waals surface area contributed by atoms with E-state index in [1.165, 1.54) is 0 Å². The van der Waals surface area contributed by atoms with Crippen molar-refractivity contribution in [1.29, 1.82) is 0 Å². The first kappa shape index (κ1) is 14.7. The van der Waals surface area contributed by atoms with Crippen LogP contribution in [0.25, 0.3) is 0 Å². The first-order valence-electron chi connectivity index (χ1n) is 7.10. The van der Waals surface area contributed by atoms with Gasteiger partial charge in [-0.25, -0.2) is 4.39 Å². The minimum absolute atomic E-state index is 0.354. The van der Waals surface area contributed by atoms with Crippen molar-refractivity contribution in [3.8, 4) is 0 Å². The molecule has 2 N–H and O–H groups in total. The molecule has 1 atom stereocenters. The molecule has 0 saturated heterocycles. The lowest BCUT2D eigenvalue weighted by molar-refractivity contribution is 0.160. The monoisotopic (exact) mass is 271 g/mol. The highest BCUT2D eigenvalue weighted by molar-refractivity contribution is 5.38. The van der Waals surface area contributed by atoms with Crippen LogP contribution in [0.4, 0.5) is 4.39 Å². The molecule has 0 unspecified atom stereocenters. The van der Waals surface area contributed by atoms with Crippen molar-refractivity contribution in [2.24, 2.45) is 11.7 Å². The minimum Gasteiger partial charge on any atom is -0.324 e. The predicted octanol–water partition coefficient (Wildman–Crippen LogP) is 4.27. The number of nitrogens with two attached hydrogens (primary N) is 1. The molecule has 0 spiro atoms. The Bertz CT molecular complexity index is 482. The number of rotatable bonds is 5. The van der Waals surface area contributed by atoms with Crippen molar-refractivity contribution >= 4 is 0 Å². The summed E-state index contributed by atoms with van der Waals surface area (Å²) in [6.45, 7) is 4.13. The maximum Gasteiger partial charge on any atom is 0.176 e. The van der Waals surface area contributed by atoms with E-state index in [-0.39, 0.29) is 0 Å². The second kappa shape index (κ2) is 6.19. The Hall–Kier alpha value is -1.67. The van der Waals surface area contributed by atoms with E-state index in [1.54, 1.807) is 0 Å². The molecule has 0 aliphatic rings. The Morgan fingerprint density at radius 3 is 1.65 bits per heavy atom. The van der Waals surface area contributed by atoms with Gasteiger partial charge in [-0.05, 0) is 23.5 Å². The molecule has 0 aliphatic heterocycles. The fourth-order valence-electron chi connectivity index (χ4n) is 2.63. The quantitative estimate of drug-likeness (QED) is 0.863. The average Bonchev–Trinajstić information content (AvgIpc) is 2.47. The van der Waals surface area contributed by atoms with Crippen molar-refractivity contribution in [3.63, 3.8) is 0 Å². The summed E-state index contributed by atoms with van der Waals surface area (Å²) in [6, 6.07) is 17.9. The van der Waals surface area contributed by atoms with Crippen LogP contribution in [0, 0.1) is 5.92 Å². The molecule has 0 heterocycles. The molecule has 0 aliphatic carbocycles. The van der Waals surface area contributed by atoms with Gasteiger partial charge in [0.2, 0.25) is 0 Å². The molecule has 0 bridgehead atoms. The number of alkyl halides is 1. The maximum absolute atomic E-state index is 15.9. The first-order chi connectivity index (χ1) is 9.55. The van der Waals surface area contributed by atoms with E-state index in [0.29, 0.717) is 23.5 Å². The Labute approximate surface area is 120 Å². The zero-order valence-electron chi connectivity index (χ0n) is 12.1. The van der Waals surface area contributed by atoms with Crippen molar-refractivity contribution in [1.82, 2.24) is 0 Å². The predicted molar refractivity (Wildman–Crippen MR) is 82.2 cm³/mol. The lowest BCUT2D eigenvalue weighted by atomic mass is 9.79. The van der Waals surface area contributed by atoms with Crippen molar-refractivity contribution in [2.45, 2.75) is 32.0 Å². The van der Waals surface area contributed by atoms with Crippen molar-refractivity contribution < 1.29 is 4.39 Å². The lowest BCUT2D eigenvalue weighted by Crippen LogP contribution is -2.43. The van der Waals surface area contributed by atoms with E-state index in [9.17, 15) is 0 Å². The van der Waals surface area contributed by atoms with E-state index in [2.05, 4.69) is 13.8 Å². The minimum atomic E-state index is -1.65. The van der Waals surface area contributed by atoms with Gasteiger partial charge >= 0.3 is 0 Å². The van der Waals surface area contributed by atoms with Gasteiger partial charge in [0.1, 0.15) is 0 Å². The molecular weight excluding hydrogens is 249 g/mol. The van der Waals surface area contributed by atoms with E-state index < -0.39 is 11.7 Å². The number of hydrogen-bond donors (Lipinski definition) is 1. The molecule has 20 heavy (non-hydrogen) atoms. The molecule has 1 nitrogen and oxygen atoms in total. The summed E-state index contributed by atoms with van der Waals surface area (Å²) >= 11 is 0. The van der Waals surface area contributed by atoms with Gasteiger partial charge in [0.25, 0.3) is 0 Å². The van der Waals surface area contributed by atoms with Crippen LogP contribution in [0.5, 0.6) is 0 Å². The third kappa shape index (κ3) is 2.91. The molecule has 0 saturated carbocycles. The molecule has 0 radical (unpaired) electrons. The molecule has 0 fully saturated rings. The van der Waals surface area contributed by atoms with Gasteiger partial charge in [-0.3, -0.25) is 0 Å². The summed E-state index contributed by atoms with van der Waals surface area (Å²) in [6.07, 6.45) is 0.639. The summed E-state index contributed by atoms with van der Waals surface area (Å²) in [5.41, 5.74) is 5.84. The highest BCUT2D eigenvalue weighted by Crippen LogP contribution is 2.38. The van der Waals surface area contributed by atoms with Gasteiger partial charge in [-0.15, -0.1) is 0 Å². The molecular formula is C18H22FN. The fourth-order valence-corrected chi connectivity index (χ4v) is 2.63. The summed E-state index contributed by atoms with van der Waals surface area (Å²) in [7, 11) is 0. The third-order valence-corrected chi connectivity index (χ3v) is 3.62. The number of benzene rings is 2. The van der Waals surface area contributed by atoms with Crippen LogP contribution < -0.4 is 5.73 Å². The molecule has 2 aromatic carbocycles. The van der Waals surface area contributed by atoms with Crippen LogP contribution >= 0.6 is 0 Å². The molecule has 2 aromatic rings. The summed E-state index contributed by atoms with van der Waals surface area (Å²) < 4.78 is 15.9. The van der Waals surface area contributed by atoms with E-state index >= 15 is 4.39 Å². The topological polar surface area (TPSA) is 26.0 Å². The molecule has 2 heteroatoms. The van der Waals surface area contributed by atoms with Gasteiger partial charge in [-0.2, -0.15) is 0 Å². The smallest absolute Gasteiger partial charge is 0.176 e. The second-order valence-corrected chi connectivity index (χ2v) is 5.68. The Morgan fingerprint density at radius 2 is 1.30 bits per heavy atom. The third-order valence-electron chi connectivity index (χ3n) is 3.62. The summed E-state index contributed by atoms with van der Waals surface area (Å²) in [5, 5.41) is 0. The van der Waals surface area contributed by atoms with Gasteiger partial charge in [0, 0.05) is 6.04 Å². The summed E-state index contributed by atoms with van der Waals surface area (Å²) in [5.74, 6) is 0.354. The molecule has 106 valence electrons. The van der Waals surface area contributed by atoms with Crippen LogP contribution in [-0.4, -0.2) is 6.04 Å². The van der Waals surface area contributed by atoms with Crippen molar-refractivity contribution in [2.75, 3.05) is 0 Å². The second-order valence-electron chi connectivity index (χ2n) is 5.68. The molecule has 2 rings (SSSR count). The first-order valence-corrected chi connectivity index (χ1v) is 7.10. The average molecular weight is 271 g/mol. The van der Waals surface area contributed by atoms with Crippen LogP contribution in [0.15, 0.2) is 60.7 Å². The Kier molecular flexibility index (Phi) is 4.56. The van der Waals surface area contributed by atoms with Crippen LogP contribution in [-0.2, 0) is 5.67 Å². The highest BCUT2D eigenvalue weighted by atomic mass is 19.1. The maximum atomic E-state index is 15.9. The summed E-state index contributed by atoms with van der Waals surface area (Å²) in [4.78, 5) is 0. The number of hydrogen-bond acceptors (Lipinski definition) is 1. The highest BCUT2D eigenvalue weighted by Gasteiger charge is 2.40. The molecule has 0 aromatic heterocycles. The van der Waals surface area contributed by atoms with Crippen LogP contribution in [0.1, 0.15) is 31.4 Å².